The average Bonchev–Trinajstić information content (AvgIpc) is 2.82. The van der Waals surface area contributed by atoms with Crippen molar-refractivity contribution in [1.29, 1.82) is 0 Å². The second-order valence-electron chi connectivity index (χ2n) is 8.30. The van der Waals surface area contributed by atoms with E-state index in [9.17, 15) is 4.79 Å². The third-order valence-electron chi connectivity index (χ3n) is 5.41. The largest absolute Gasteiger partial charge is 0.494 e. The maximum atomic E-state index is 11.3. The van der Waals surface area contributed by atoms with Crippen molar-refractivity contribution in [2.75, 3.05) is 6.61 Å². The molecule has 0 aliphatic carbocycles. The molecule has 4 nitrogen and oxygen atoms in total. The van der Waals surface area contributed by atoms with Crippen LogP contribution in [0.3, 0.4) is 0 Å². The van der Waals surface area contributed by atoms with E-state index in [0.717, 1.165) is 62.7 Å². The Balaban J connectivity index is 2.11. The maximum Gasteiger partial charge on any atom is 0.378 e. The molecule has 32 heavy (non-hydrogen) atoms. The summed E-state index contributed by atoms with van der Waals surface area (Å²) in [7, 11) is 0. The van der Waals surface area contributed by atoms with E-state index in [0.29, 0.717) is 0 Å². The predicted octanol–water partition coefficient (Wildman–Crippen LogP) is 8.48. The van der Waals surface area contributed by atoms with Crippen molar-refractivity contribution in [2.45, 2.75) is 103 Å². The average molecular weight is 445 g/mol. The second kappa shape index (κ2) is 20.7. The molecule has 0 fully saturated rings. The highest BCUT2D eigenvalue weighted by Crippen LogP contribution is 2.16. The first-order valence-corrected chi connectivity index (χ1v) is 12.6. The van der Waals surface area contributed by atoms with Crippen LogP contribution >= 0.6 is 0 Å². The van der Waals surface area contributed by atoms with Crippen molar-refractivity contribution in [3.05, 3.63) is 54.8 Å². The Labute approximate surface area is 196 Å². The van der Waals surface area contributed by atoms with Crippen LogP contribution in [0.15, 0.2) is 54.8 Å². The van der Waals surface area contributed by atoms with E-state index in [1.807, 2.05) is 30.3 Å². The first kappa shape index (κ1) is 27.8. The molecule has 0 N–H and O–H groups in total. The van der Waals surface area contributed by atoms with Gasteiger partial charge in [-0.05, 0) is 43.9 Å². The highest BCUT2D eigenvalue weighted by molar-refractivity contribution is 5.80. The van der Waals surface area contributed by atoms with Gasteiger partial charge in [0.15, 0.2) is 5.76 Å². The lowest BCUT2D eigenvalue weighted by atomic mass is 10.1. The minimum atomic E-state index is -0.551. The first-order valence-electron chi connectivity index (χ1n) is 12.6. The molecule has 0 saturated heterocycles. The first-order chi connectivity index (χ1) is 15.8. The van der Waals surface area contributed by atoms with E-state index in [2.05, 4.69) is 19.6 Å². The summed E-state index contributed by atoms with van der Waals surface area (Å²) in [6.07, 6.45) is 20.8. The van der Waals surface area contributed by atoms with E-state index in [4.69, 9.17) is 14.5 Å². The Bertz CT molecular complexity index is 609. The van der Waals surface area contributed by atoms with Gasteiger partial charge in [0, 0.05) is 12.5 Å². The summed E-state index contributed by atoms with van der Waals surface area (Å²) in [5.74, 6) is 1.16. The molecule has 0 unspecified atom stereocenters. The summed E-state index contributed by atoms with van der Waals surface area (Å²) in [4.78, 5) is 21.4. The van der Waals surface area contributed by atoms with Crippen LogP contribution in [0.5, 0.6) is 5.75 Å². The molecule has 0 aromatic heterocycles. The lowest BCUT2D eigenvalue weighted by Crippen LogP contribution is -2.02. The van der Waals surface area contributed by atoms with Crippen LogP contribution in [-0.2, 0) is 14.6 Å². The number of ether oxygens (including phenoxy) is 1. The molecule has 180 valence electrons. The molecule has 0 spiro atoms. The molecular formula is C28H44O4. The molecule has 0 heterocycles. The van der Waals surface area contributed by atoms with E-state index < -0.39 is 5.97 Å². The van der Waals surface area contributed by atoms with Crippen LogP contribution in [0.25, 0.3) is 0 Å². The zero-order chi connectivity index (χ0) is 23.1. The van der Waals surface area contributed by atoms with Crippen LogP contribution in [0.1, 0.15) is 103 Å². The molecular weight excluding hydrogens is 400 g/mol. The van der Waals surface area contributed by atoms with E-state index in [1.165, 1.54) is 57.8 Å². The number of hydrogen-bond acceptors (Lipinski definition) is 4. The van der Waals surface area contributed by atoms with Crippen molar-refractivity contribution in [3.63, 3.8) is 0 Å². The van der Waals surface area contributed by atoms with Crippen LogP contribution < -0.4 is 4.74 Å². The van der Waals surface area contributed by atoms with Gasteiger partial charge in [-0.3, -0.25) is 4.89 Å². The molecule has 0 saturated carbocycles. The zero-order valence-corrected chi connectivity index (χ0v) is 20.2. The van der Waals surface area contributed by atoms with E-state index in [1.54, 1.807) is 0 Å². The number of unbranched alkanes of at least 4 members (excludes halogenated alkanes) is 12. The van der Waals surface area contributed by atoms with Gasteiger partial charge in [-0.15, -0.1) is 0 Å². The lowest BCUT2D eigenvalue weighted by Gasteiger charge is -2.08. The molecule has 0 aliphatic rings. The number of para-hydroxylation sites is 1. The highest BCUT2D eigenvalue weighted by Gasteiger charge is 2.04. The van der Waals surface area contributed by atoms with E-state index >= 15 is 0 Å². The van der Waals surface area contributed by atoms with Crippen LogP contribution in [-0.4, -0.2) is 12.6 Å². The van der Waals surface area contributed by atoms with Gasteiger partial charge < -0.3 is 4.74 Å². The predicted molar refractivity (Wildman–Crippen MR) is 132 cm³/mol. The fraction of sp³-hybridized carbons (Fsp3) is 0.607. The molecule has 1 aromatic carbocycles. The van der Waals surface area contributed by atoms with Gasteiger partial charge in [0.25, 0.3) is 0 Å². The molecule has 1 rings (SSSR count). The van der Waals surface area contributed by atoms with Crippen molar-refractivity contribution in [2.24, 2.45) is 0 Å². The monoisotopic (exact) mass is 444 g/mol. The van der Waals surface area contributed by atoms with Crippen molar-refractivity contribution in [1.82, 2.24) is 0 Å². The Hall–Kier alpha value is -2.23. The number of carbonyl (C=O) groups is 1. The second-order valence-corrected chi connectivity index (χ2v) is 8.30. The quantitative estimate of drug-likeness (QED) is 0.0627. The Morgan fingerprint density at radius 1 is 0.812 bits per heavy atom. The molecule has 0 amide bonds. The highest BCUT2D eigenvalue weighted by atomic mass is 17.2. The summed E-state index contributed by atoms with van der Waals surface area (Å²) in [6.45, 7) is 6.43. The number of hydrogen-bond donors (Lipinski definition) is 0. The van der Waals surface area contributed by atoms with Gasteiger partial charge in [-0.2, -0.15) is 0 Å². The smallest absolute Gasteiger partial charge is 0.378 e. The number of benzene rings is 1. The number of rotatable bonds is 21. The molecule has 1 aromatic rings. The summed E-state index contributed by atoms with van der Waals surface area (Å²) >= 11 is 0. The maximum absolute atomic E-state index is 11.3. The minimum absolute atomic E-state index is 0.551. The van der Waals surface area contributed by atoms with Crippen molar-refractivity contribution < 1.29 is 19.3 Å². The normalized spacial score (nSPS) is 11.2. The third-order valence-corrected chi connectivity index (χ3v) is 5.41. The molecule has 0 aliphatic heterocycles. The van der Waals surface area contributed by atoms with Crippen LogP contribution in [0.4, 0.5) is 0 Å². The van der Waals surface area contributed by atoms with Gasteiger partial charge >= 0.3 is 5.97 Å². The summed E-state index contributed by atoms with van der Waals surface area (Å²) in [6, 6.07) is 9.97. The van der Waals surface area contributed by atoms with Crippen molar-refractivity contribution in [3.8, 4) is 5.75 Å². The molecule has 0 radical (unpaired) electrons. The molecule has 0 bridgehead atoms. The van der Waals surface area contributed by atoms with Crippen LogP contribution in [0.2, 0.25) is 0 Å². The zero-order valence-electron chi connectivity index (χ0n) is 20.2. The van der Waals surface area contributed by atoms with Gasteiger partial charge in [0.1, 0.15) is 5.75 Å². The summed E-state index contributed by atoms with van der Waals surface area (Å²) in [5, 5.41) is 0. The standard InChI is InChI=1S/C28H44O4/c1-3-5-6-7-8-9-12-16-23-27(31-32-28(29)4-2)24-17-13-10-11-14-20-25-30-26-21-18-15-19-22-26/h4,15,18-19,21-23H,2-3,5-14,16-17,20,24-25H2,1H3. The fourth-order valence-electron chi connectivity index (χ4n) is 3.49. The third kappa shape index (κ3) is 16.5. The topological polar surface area (TPSA) is 44.8 Å². The fourth-order valence-corrected chi connectivity index (χ4v) is 3.49. The number of allylic oxidation sites excluding steroid dienone is 2. The van der Waals surface area contributed by atoms with Crippen LogP contribution in [0, 0.1) is 0 Å². The van der Waals surface area contributed by atoms with Gasteiger partial charge in [0.05, 0.1) is 6.61 Å². The lowest BCUT2D eigenvalue weighted by molar-refractivity contribution is -0.243. The molecule has 0 atom stereocenters. The Morgan fingerprint density at radius 3 is 2.12 bits per heavy atom. The Morgan fingerprint density at radius 2 is 1.44 bits per heavy atom. The van der Waals surface area contributed by atoms with Gasteiger partial charge in [-0.1, -0.05) is 95.9 Å². The summed E-state index contributed by atoms with van der Waals surface area (Å²) in [5.41, 5.74) is 0. The number of carbonyl (C=O) groups excluding carboxylic acids is 1. The van der Waals surface area contributed by atoms with Crippen molar-refractivity contribution >= 4 is 5.97 Å². The molecule has 4 heteroatoms. The SMILES string of the molecule is C=CC(=O)OOC(=CCCCCCCCCC)CCCCCCCCOc1ccccc1. The Kier molecular flexibility index (Phi) is 18.0. The van der Waals surface area contributed by atoms with E-state index in [-0.39, 0.29) is 0 Å². The van der Waals surface area contributed by atoms with Gasteiger partial charge in [0.2, 0.25) is 0 Å². The van der Waals surface area contributed by atoms with Gasteiger partial charge in [-0.25, -0.2) is 9.68 Å². The summed E-state index contributed by atoms with van der Waals surface area (Å²) < 4.78 is 5.73. The minimum Gasteiger partial charge on any atom is -0.494 e.